The first-order valence-corrected chi connectivity index (χ1v) is 8.47. The van der Waals surface area contributed by atoms with Crippen molar-refractivity contribution >= 4 is 29.9 Å². The maximum Gasteiger partial charge on any atom is 0.214 e. The Kier molecular flexibility index (Phi) is 5.99. The van der Waals surface area contributed by atoms with Gasteiger partial charge in [0.05, 0.1) is 6.20 Å². The van der Waals surface area contributed by atoms with E-state index < -0.39 is 0 Å². The maximum absolute atomic E-state index is 13.3. The van der Waals surface area contributed by atoms with Crippen LogP contribution in [0.25, 0.3) is 11.4 Å². The predicted octanol–water partition coefficient (Wildman–Crippen LogP) is 3.96. The van der Waals surface area contributed by atoms with E-state index in [4.69, 9.17) is 10.3 Å². The summed E-state index contributed by atoms with van der Waals surface area (Å²) in [5.74, 6) is 1.18. The van der Waals surface area contributed by atoms with Gasteiger partial charge in [-0.3, -0.25) is 4.98 Å². The summed E-state index contributed by atoms with van der Waals surface area (Å²) in [7, 11) is 0. The van der Waals surface area contributed by atoms with Crippen LogP contribution in [0.5, 0.6) is 0 Å². The van der Waals surface area contributed by atoms with Crippen LogP contribution >= 0.6 is 12.4 Å². The molecule has 0 aliphatic rings. The summed E-state index contributed by atoms with van der Waals surface area (Å²) < 4.78 is 18.2. The first-order chi connectivity index (χ1) is 13.6. The lowest BCUT2D eigenvalue weighted by molar-refractivity contribution is 0.418. The Morgan fingerprint density at radius 1 is 1.10 bits per heavy atom. The van der Waals surface area contributed by atoms with Gasteiger partial charge in [0.1, 0.15) is 23.3 Å². The number of nitrogens with one attached hydrogen (secondary N) is 1. The lowest BCUT2D eigenvalue weighted by Crippen LogP contribution is -2.09. The van der Waals surface area contributed by atoms with Gasteiger partial charge in [0.25, 0.3) is 0 Å². The summed E-state index contributed by atoms with van der Waals surface area (Å²) in [6, 6.07) is 8.02. The molecule has 148 valence electrons. The first kappa shape index (κ1) is 20.2. The monoisotopic (exact) mass is 413 g/mol. The van der Waals surface area contributed by atoms with Gasteiger partial charge in [-0.25, -0.2) is 14.4 Å². The van der Waals surface area contributed by atoms with Crippen LogP contribution in [0.3, 0.4) is 0 Å². The molecule has 0 bridgehead atoms. The maximum atomic E-state index is 13.3. The Bertz CT molecular complexity index is 1080. The van der Waals surface area contributed by atoms with Crippen LogP contribution in [0, 0.1) is 5.82 Å². The highest BCUT2D eigenvalue weighted by molar-refractivity contribution is 5.85. The van der Waals surface area contributed by atoms with E-state index in [0.717, 1.165) is 11.1 Å². The Morgan fingerprint density at radius 3 is 2.55 bits per heavy atom. The Morgan fingerprint density at radius 2 is 1.90 bits per heavy atom. The number of nitrogens with two attached hydrogens (primary N) is 1. The lowest BCUT2D eigenvalue weighted by Gasteiger charge is -2.19. The molecule has 0 spiro atoms. The van der Waals surface area contributed by atoms with Gasteiger partial charge in [-0.05, 0) is 23.8 Å². The minimum Gasteiger partial charge on any atom is -0.383 e. The second kappa shape index (κ2) is 8.61. The number of halogens is 2. The topological polar surface area (TPSA) is 116 Å². The number of hydrogen-bond acceptors (Lipinski definition) is 8. The van der Waals surface area contributed by atoms with Gasteiger partial charge >= 0.3 is 0 Å². The Hall–Kier alpha value is -3.59. The second-order valence-electron chi connectivity index (χ2n) is 6.10. The molecule has 0 aliphatic heterocycles. The minimum absolute atomic E-state index is 0. The molecule has 29 heavy (non-hydrogen) atoms. The van der Waals surface area contributed by atoms with Gasteiger partial charge in [0.2, 0.25) is 12.2 Å². The van der Waals surface area contributed by atoms with Crippen LogP contribution in [-0.4, -0.2) is 25.1 Å². The number of pyridine rings is 1. The van der Waals surface area contributed by atoms with Crippen LogP contribution in [0.2, 0.25) is 0 Å². The molecular weight excluding hydrogens is 397 g/mol. The van der Waals surface area contributed by atoms with Crippen LogP contribution < -0.4 is 11.1 Å². The zero-order valence-corrected chi connectivity index (χ0v) is 16.1. The molecule has 0 fully saturated rings. The smallest absolute Gasteiger partial charge is 0.214 e. The van der Waals surface area contributed by atoms with Crippen molar-refractivity contribution in [2.45, 2.75) is 12.8 Å². The van der Waals surface area contributed by atoms with Crippen molar-refractivity contribution in [3.63, 3.8) is 0 Å². The van der Waals surface area contributed by atoms with Crippen molar-refractivity contribution in [3.8, 4) is 11.4 Å². The van der Waals surface area contributed by atoms with Crippen molar-refractivity contribution in [3.05, 3.63) is 72.3 Å². The molecule has 10 heteroatoms. The summed E-state index contributed by atoms with van der Waals surface area (Å²) in [6.45, 7) is 1.96. The van der Waals surface area contributed by atoms with Crippen LogP contribution in [0.15, 0.2) is 59.8 Å². The van der Waals surface area contributed by atoms with Crippen LogP contribution in [0.4, 0.5) is 21.8 Å². The molecule has 1 atom stereocenters. The summed E-state index contributed by atoms with van der Waals surface area (Å²) in [6.07, 6.45) is 5.96. The van der Waals surface area contributed by atoms with E-state index >= 15 is 0 Å². The number of nitrogens with zero attached hydrogens (tertiary/aromatic N) is 5. The molecule has 8 nitrogen and oxygen atoms in total. The molecule has 3 heterocycles. The molecule has 4 rings (SSSR count). The predicted molar refractivity (Wildman–Crippen MR) is 108 cm³/mol. The second-order valence-corrected chi connectivity index (χ2v) is 6.10. The van der Waals surface area contributed by atoms with Crippen molar-refractivity contribution in [1.29, 1.82) is 0 Å². The van der Waals surface area contributed by atoms with Gasteiger partial charge in [0.15, 0.2) is 0 Å². The number of benzene rings is 1. The average Bonchev–Trinajstić information content (AvgIpc) is 3.23. The van der Waals surface area contributed by atoms with E-state index in [1.54, 1.807) is 36.8 Å². The van der Waals surface area contributed by atoms with Crippen LogP contribution in [0.1, 0.15) is 24.0 Å². The number of hydrogen-bond donors (Lipinski definition) is 2. The number of rotatable bonds is 5. The number of aromatic nitrogens is 5. The molecule has 0 radical (unpaired) electrons. The SMILES string of the molecule is CC(c1ccc(F)cc1)c1c(-c2ncon2)cc(Nc2cnccn2)nc1N.Cl. The third-order valence-corrected chi connectivity index (χ3v) is 4.31. The lowest BCUT2D eigenvalue weighted by atomic mass is 9.89. The van der Waals surface area contributed by atoms with E-state index in [1.807, 2.05) is 6.92 Å². The van der Waals surface area contributed by atoms with Gasteiger partial charge in [0, 0.05) is 29.4 Å². The highest BCUT2D eigenvalue weighted by Gasteiger charge is 2.22. The summed E-state index contributed by atoms with van der Waals surface area (Å²) in [4.78, 5) is 16.8. The van der Waals surface area contributed by atoms with Gasteiger partial charge in [-0.15, -0.1) is 12.4 Å². The zero-order valence-electron chi connectivity index (χ0n) is 15.3. The van der Waals surface area contributed by atoms with Crippen molar-refractivity contribution in [1.82, 2.24) is 25.1 Å². The van der Waals surface area contributed by atoms with Gasteiger partial charge < -0.3 is 15.6 Å². The fraction of sp³-hybridized carbons (Fsp3) is 0.105. The van der Waals surface area contributed by atoms with Crippen molar-refractivity contribution < 1.29 is 8.91 Å². The van der Waals surface area contributed by atoms with E-state index in [0.29, 0.717) is 28.8 Å². The van der Waals surface area contributed by atoms with Crippen molar-refractivity contribution in [2.75, 3.05) is 11.1 Å². The molecule has 3 aromatic heterocycles. The highest BCUT2D eigenvalue weighted by Crippen LogP contribution is 2.37. The number of nitrogen functional groups attached to an aromatic ring is 1. The third-order valence-electron chi connectivity index (χ3n) is 4.31. The fourth-order valence-corrected chi connectivity index (χ4v) is 2.98. The van der Waals surface area contributed by atoms with E-state index in [9.17, 15) is 4.39 Å². The Balaban J connectivity index is 0.00000240. The molecule has 0 aliphatic carbocycles. The van der Waals surface area contributed by atoms with E-state index in [-0.39, 0.29) is 24.1 Å². The Labute approximate surface area is 171 Å². The molecule has 1 aromatic carbocycles. The van der Waals surface area contributed by atoms with Gasteiger partial charge in [-0.1, -0.05) is 24.2 Å². The quantitative estimate of drug-likeness (QED) is 0.505. The first-order valence-electron chi connectivity index (χ1n) is 8.47. The molecule has 0 saturated carbocycles. The zero-order chi connectivity index (χ0) is 19.5. The highest BCUT2D eigenvalue weighted by atomic mass is 35.5. The van der Waals surface area contributed by atoms with E-state index in [1.165, 1.54) is 18.5 Å². The average molecular weight is 414 g/mol. The number of anilines is 3. The minimum atomic E-state index is -0.302. The molecule has 0 amide bonds. The normalized spacial score (nSPS) is 11.5. The summed E-state index contributed by atoms with van der Waals surface area (Å²) in [5, 5.41) is 7.00. The van der Waals surface area contributed by atoms with Crippen LogP contribution in [-0.2, 0) is 0 Å². The third kappa shape index (κ3) is 4.30. The molecule has 0 saturated heterocycles. The summed E-state index contributed by atoms with van der Waals surface area (Å²) >= 11 is 0. The standard InChI is InChI=1S/C19H16FN7O.ClH/c1-11(12-2-4-13(20)5-3-12)17-14(19-24-10-28-27-19)8-15(26-18(17)21)25-16-9-22-6-7-23-16;/h2-11H,1H3,(H3,21,23,25,26);1H. The molecular formula is C19H17ClFN7O. The van der Waals surface area contributed by atoms with Gasteiger partial charge in [-0.2, -0.15) is 4.98 Å². The molecule has 3 N–H and O–H groups in total. The van der Waals surface area contributed by atoms with Crippen molar-refractivity contribution in [2.24, 2.45) is 0 Å². The fourth-order valence-electron chi connectivity index (χ4n) is 2.98. The molecule has 1 unspecified atom stereocenters. The summed E-state index contributed by atoms with van der Waals surface area (Å²) in [5.41, 5.74) is 8.56. The largest absolute Gasteiger partial charge is 0.383 e. The van der Waals surface area contributed by atoms with E-state index in [2.05, 4.69) is 30.4 Å². The molecule has 4 aromatic rings.